The molecule has 1 heteroatoms. The summed E-state index contributed by atoms with van der Waals surface area (Å²) in [6, 6.07) is 74.9. The molecule has 268 valence electrons. The molecule has 0 saturated heterocycles. The molecule has 9 aromatic carbocycles. The van der Waals surface area contributed by atoms with Gasteiger partial charge in [0.05, 0.1) is 5.41 Å². The van der Waals surface area contributed by atoms with E-state index in [-0.39, 0.29) is 5.41 Å². The van der Waals surface area contributed by atoms with E-state index in [4.69, 9.17) is 0 Å². The summed E-state index contributed by atoms with van der Waals surface area (Å²) in [7, 11) is 0. The highest BCUT2D eigenvalue weighted by atomic mass is 15.1. The Hall–Kier alpha value is -6.96. The van der Waals surface area contributed by atoms with Crippen LogP contribution in [-0.2, 0) is 10.8 Å². The average molecular weight is 726 g/mol. The van der Waals surface area contributed by atoms with Gasteiger partial charge in [-0.2, -0.15) is 0 Å². The molecule has 0 aromatic heterocycles. The second-order valence-corrected chi connectivity index (χ2v) is 16.4. The molecule has 0 radical (unpaired) electrons. The lowest BCUT2D eigenvalue weighted by molar-refractivity contribution is 0.662. The number of nitrogens with zero attached hydrogens (tertiary/aromatic N) is 1. The molecule has 0 aliphatic heterocycles. The molecular weight excluding hydrogens is 687 g/mol. The molecule has 0 atom stereocenters. The van der Waals surface area contributed by atoms with Crippen molar-refractivity contribution < 1.29 is 0 Å². The van der Waals surface area contributed by atoms with Crippen LogP contribution in [0.1, 0.15) is 47.2 Å². The SMILES string of the molecule is CC1(C)c2ccccc2-c2cccc(-c3ccc(N(c4ccc5c(c4)C4(c6ccccc6-c6ccccc64)c4ccccc4-5)c4ccc5ccccc5c4)cc3)c21. The van der Waals surface area contributed by atoms with Crippen LogP contribution in [0.5, 0.6) is 0 Å². The Kier molecular flexibility index (Phi) is 6.67. The summed E-state index contributed by atoms with van der Waals surface area (Å²) in [4.78, 5) is 2.45. The first-order valence-corrected chi connectivity index (χ1v) is 20.1. The fourth-order valence-electron chi connectivity index (χ4n) is 10.9. The Balaban J connectivity index is 1.06. The van der Waals surface area contributed by atoms with Crippen molar-refractivity contribution in [3.05, 3.63) is 234 Å². The topological polar surface area (TPSA) is 3.24 Å². The number of rotatable bonds is 4. The Bertz CT molecular complexity index is 3050. The third kappa shape index (κ3) is 4.34. The molecule has 3 aliphatic rings. The van der Waals surface area contributed by atoms with Crippen molar-refractivity contribution in [2.24, 2.45) is 0 Å². The van der Waals surface area contributed by atoms with Crippen molar-refractivity contribution in [1.29, 1.82) is 0 Å². The lowest BCUT2D eigenvalue weighted by atomic mass is 9.70. The summed E-state index contributed by atoms with van der Waals surface area (Å²) in [5, 5.41) is 2.46. The van der Waals surface area contributed by atoms with Gasteiger partial charge >= 0.3 is 0 Å². The maximum absolute atomic E-state index is 2.49. The van der Waals surface area contributed by atoms with Gasteiger partial charge in [-0.05, 0) is 125 Å². The van der Waals surface area contributed by atoms with Crippen molar-refractivity contribution in [1.82, 2.24) is 0 Å². The molecule has 0 fully saturated rings. The molecule has 0 bridgehead atoms. The fraction of sp³-hybridized carbons (Fsp3) is 0.0714. The van der Waals surface area contributed by atoms with Crippen molar-refractivity contribution in [3.63, 3.8) is 0 Å². The summed E-state index contributed by atoms with van der Waals surface area (Å²) < 4.78 is 0. The number of fused-ring (bicyclic) bond motifs is 14. The number of hydrogen-bond donors (Lipinski definition) is 0. The molecule has 1 nitrogen and oxygen atoms in total. The van der Waals surface area contributed by atoms with E-state index in [1.54, 1.807) is 0 Å². The summed E-state index contributed by atoms with van der Waals surface area (Å²) in [6.07, 6.45) is 0. The van der Waals surface area contributed by atoms with Gasteiger partial charge in [-0.15, -0.1) is 0 Å². The van der Waals surface area contributed by atoms with E-state index >= 15 is 0 Å². The van der Waals surface area contributed by atoms with Gasteiger partial charge in [0.25, 0.3) is 0 Å². The Morgan fingerprint density at radius 3 is 1.42 bits per heavy atom. The molecule has 0 saturated carbocycles. The zero-order valence-electron chi connectivity index (χ0n) is 32.0. The monoisotopic (exact) mass is 725 g/mol. The summed E-state index contributed by atoms with van der Waals surface area (Å²) in [5.74, 6) is 0. The van der Waals surface area contributed by atoms with Crippen LogP contribution < -0.4 is 4.90 Å². The number of hydrogen-bond acceptors (Lipinski definition) is 1. The average Bonchev–Trinajstić information content (AvgIpc) is 3.83. The molecule has 0 heterocycles. The first-order valence-electron chi connectivity index (χ1n) is 20.1. The van der Waals surface area contributed by atoms with E-state index in [9.17, 15) is 0 Å². The second-order valence-electron chi connectivity index (χ2n) is 16.4. The van der Waals surface area contributed by atoms with Gasteiger partial charge in [0.1, 0.15) is 0 Å². The summed E-state index contributed by atoms with van der Waals surface area (Å²) in [5.41, 5.74) is 21.6. The van der Waals surface area contributed by atoms with Crippen molar-refractivity contribution in [2.45, 2.75) is 24.7 Å². The largest absolute Gasteiger partial charge is 0.310 e. The quantitative estimate of drug-likeness (QED) is 0.175. The van der Waals surface area contributed by atoms with Crippen LogP contribution in [0.15, 0.2) is 200 Å². The smallest absolute Gasteiger partial charge is 0.0726 e. The van der Waals surface area contributed by atoms with E-state index in [1.807, 2.05) is 0 Å². The normalized spacial score (nSPS) is 14.4. The van der Waals surface area contributed by atoms with Crippen LogP contribution in [0.2, 0.25) is 0 Å². The zero-order chi connectivity index (χ0) is 37.9. The van der Waals surface area contributed by atoms with Crippen LogP contribution >= 0.6 is 0 Å². The maximum Gasteiger partial charge on any atom is 0.0726 e. The molecule has 0 N–H and O–H groups in total. The lowest BCUT2D eigenvalue weighted by Crippen LogP contribution is -2.26. The first-order chi connectivity index (χ1) is 28.0. The van der Waals surface area contributed by atoms with Gasteiger partial charge in [-0.3, -0.25) is 0 Å². The maximum atomic E-state index is 2.49. The molecule has 0 amide bonds. The Morgan fingerprint density at radius 2 is 0.772 bits per heavy atom. The first kappa shape index (κ1) is 32.3. The summed E-state index contributed by atoms with van der Waals surface area (Å²) in [6.45, 7) is 4.74. The van der Waals surface area contributed by atoms with E-state index in [2.05, 4.69) is 219 Å². The minimum atomic E-state index is -0.411. The third-order valence-electron chi connectivity index (χ3n) is 13.2. The standard InChI is InChI=1S/C56H39N/c1-55(2)49-22-9-5-19-46(49)48-21-13-20-42(54(48)55)37-27-29-39(30-28-37)57(40-31-26-36-14-3-4-15-38(36)34-40)41-32-33-47-45-18-8-12-25-52(45)56(53(47)35-41)50-23-10-6-16-43(50)44-17-7-11-24-51(44)56/h3-35H,1-2H3. The van der Waals surface area contributed by atoms with E-state index in [0.717, 1.165) is 17.1 Å². The minimum absolute atomic E-state index is 0.0895. The number of anilines is 3. The van der Waals surface area contributed by atoms with Crippen LogP contribution in [0, 0.1) is 0 Å². The summed E-state index contributed by atoms with van der Waals surface area (Å²) >= 11 is 0. The molecule has 0 unspecified atom stereocenters. The van der Waals surface area contributed by atoms with Crippen LogP contribution in [-0.4, -0.2) is 0 Å². The van der Waals surface area contributed by atoms with E-state index < -0.39 is 5.41 Å². The molecule has 9 aromatic rings. The highest BCUT2D eigenvalue weighted by Crippen LogP contribution is 2.63. The van der Waals surface area contributed by atoms with Crippen LogP contribution in [0.25, 0.3) is 55.3 Å². The molecule has 12 rings (SSSR count). The molecular formula is C56H39N. The highest BCUT2D eigenvalue weighted by molar-refractivity contribution is 5.97. The van der Waals surface area contributed by atoms with Crippen LogP contribution in [0.4, 0.5) is 17.1 Å². The lowest BCUT2D eigenvalue weighted by Gasteiger charge is -2.32. The van der Waals surface area contributed by atoms with Gasteiger partial charge in [0.15, 0.2) is 0 Å². The predicted molar refractivity (Wildman–Crippen MR) is 238 cm³/mol. The second kappa shape index (κ2) is 11.8. The zero-order valence-corrected chi connectivity index (χ0v) is 32.0. The van der Waals surface area contributed by atoms with Crippen molar-refractivity contribution in [3.8, 4) is 44.5 Å². The molecule has 1 spiro atoms. The Morgan fingerprint density at radius 1 is 0.316 bits per heavy atom. The highest BCUT2D eigenvalue weighted by Gasteiger charge is 2.51. The van der Waals surface area contributed by atoms with Crippen LogP contribution in [0.3, 0.4) is 0 Å². The Labute approximate surface area is 334 Å². The van der Waals surface area contributed by atoms with Gasteiger partial charge in [0.2, 0.25) is 0 Å². The predicted octanol–water partition coefficient (Wildman–Crippen LogP) is 14.6. The van der Waals surface area contributed by atoms with Crippen molar-refractivity contribution >= 4 is 27.8 Å². The van der Waals surface area contributed by atoms with Gasteiger partial charge in [-0.25, -0.2) is 0 Å². The fourth-order valence-corrected chi connectivity index (χ4v) is 10.9. The van der Waals surface area contributed by atoms with Crippen molar-refractivity contribution in [2.75, 3.05) is 4.90 Å². The van der Waals surface area contributed by atoms with E-state index in [1.165, 1.54) is 88.7 Å². The molecule has 3 aliphatic carbocycles. The third-order valence-corrected chi connectivity index (χ3v) is 13.2. The van der Waals surface area contributed by atoms with Gasteiger partial charge in [0, 0.05) is 22.5 Å². The van der Waals surface area contributed by atoms with E-state index in [0.29, 0.717) is 0 Å². The van der Waals surface area contributed by atoms with Gasteiger partial charge < -0.3 is 4.90 Å². The van der Waals surface area contributed by atoms with Gasteiger partial charge in [-0.1, -0.05) is 178 Å². The number of benzene rings is 9. The minimum Gasteiger partial charge on any atom is -0.310 e. The molecule has 57 heavy (non-hydrogen) atoms.